The Morgan fingerprint density at radius 3 is 3.25 bits per heavy atom. The Hall–Kier alpha value is -0.500. The third-order valence-corrected chi connectivity index (χ3v) is 3.38. The average molecular weight is 224 g/mol. The molecule has 1 aromatic rings. The second-order valence-electron chi connectivity index (χ2n) is 3.71. The first-order valence-electron chi connectivity index (χ1n) is 4.38. The fourth-order valence-corrected chi connectivity index (χ4v) is 2.48. The van der Waals surface area contributed by atoms with E-state index in [0.29, 0.717) is 0 Å². The molecule has 1 fully saturated rings. The quantitative estimate of drug-likeness (QED) is 0.714. The zero-order chi connectivity index (χ0) is 8.13. The highest BCUT2D eigenvalue weighted by Gasteiger charge is 2.42. The van der Waals surface area contributed by atoms with Crippen LogP contribution in [0.3, 0.4) is 0 Å². The van der Waals surface area contributed by atoms with Gasteiger partial charge in [0.25, 0.3) is 0 Å². The maximum Gasteiger partial charge on any atom is 0.0376 e. The van der Waals surface area contributed by atoms with Crippen molar-refractivity contribution in [2.24, 2.45) is 5.92 Å². The summed E-state index contributed by atoms with van der Waals surface area (Å²) in [4.78, 5) is 0. The maximum absolute atomic E-state index is 3.51. The smallest absolute Gasteiger partial charge is 0.0376 e. The third-order valence-electron chi connectivity index (χ3n) is 2.89. The highest BCUT2D eigenvalue weighted by Crippen LogP contribution is 2.53. The number of anilines is 1. The number of halogens is 1. The maximum atomic E-state index is 3.51. The largest absolute Gasteiger partial charge is 0.385 e. The zero-order valence-corrected chi connectivity index (χ0v) is 8.26. The van der Waals surface area contributed by atoms with E-state index in [0.717, 1.165) is 11.8 Å². The number of rotatable bonds is 0. The van der Waals surface area contributed by atoms with Crippen molar-refractivity contribution < 1.29 is 0 Å². The van der Waals surface area contributed by atoms with Gasteiger partial charge in [-0.25, -0.2) is 0 Å². The van der Waals surface area contributed by atoms with E-state index in [9.17, 15) is 0 Å². The summed E-state index contributed by atoms with van der Waals surface area (Å²) in [6.07, 6.45) is 1.39. The number of fused-ring (bicyclic) bond motifs is 3. The van der Waals surface area contributed by atoms with E-state index >= 15 is 0 Å². The van der Waals surface area contributed by atoms with Gasteiger partial charge in [-0.2, -0.15) is 0 Å². The van der Waals surface area contributed by atoms with Gasteiger partial charge in [-0.15, -0.1) is 0 Å². The summed E-state index contributed by atoms with van der Waals surface area (Å²) < 4.78 is 1.20. The molecule has 0 unspecified atom stereocenters. The number of hydrogen-bond donors (Lipinski definition) is 1. The van der Waals surface area contributed by atoms with Gasteiger partial charge in [0.2, 0.25) is 0 Å². The van der Waals surface area contributed by atoms with Gasteiger partial charge in [-0.05, 0) is 42.0 Å². The van der Waals surface area contributed by atoms with Crippen LogP contribution in [0.2, 0.25) is 0 Å². The molecule has 0 radical (unpaired) electrons. The lowest BCUT2D eigenvalue weighted by atomic mass is 10.0. The molecule has 3 rings (SSSR count). The molecule has 1 heterocycles. The SMILES string of the molecule is Brc1ccc2c(c1)[C@H]1C[C@@H]1CN2. The van der Waals surface area contributed by atoms with Crippen LogP contribution in [0.15, 0.2) is 22.7 Å². The lowest BCUT2D eigenvalue weighted by Crippen LogP contribution is -2.11. The summed E-state index contributed by atoms with van der Waals surface area (Å²) in [6, 6.07) is 6.54. The lowest BCUT2D eigenvalue weighted by molar-refractivity contribution is 0.816. The predicted molar refractivity (Wildman–Crippen MR) is 53.5 cm³/mol. The molecule has 2 heteroatoms. The van der Waals surface area contributed by atoms with Gasteiger partial charge >= 0.3 is 0 Å². The summed E-state index contributed by atoms with van der Waals surface area (Å²) in [5.74, 6) is 1.78. The first-order chi connectivity index (χ1) is 5.84. The minimum Gasteiger partial charge on any atom is -0.385 e. The fraction of sp³-hybridized carbons (Fsp3) is 0.400. The topological polar surface area (TPSA) is 12.0 Å². The molecule has 2 aliphatic rings. The molecule has 1 N–H and O–H groups in total. The minimum absolute atomic E-state index is 0.860. The Morgan fingerprint density at radius 1 is 1.42 bits per heavy atom. The van der Waals surface area contributed by atoms with Crippen LogP contribution >= 0.6 is 15.9 Å². The molecule has 62 valence electrons. The Kier molecular flexibility index (Phi) is 1.31. The van der Waals surface area contributed by atoms with Gasteiger partial charge in [0.15, 0.2) is 0 Å². The molecule has 1 aliphatic carbocycles. The first kappa shape index (κ1) is 6.96. The Labute approximate surface area is 80.3 Å². The van der Waals surface area contributed by atoms with E-state index in [4.69, 9.17) is 0 Å². The third kappa shape index (κ3) is 0.908. The second kappa shape index (κ2) is 2.25. The molecule has 0 spiro atoms. The van der Waals surface area contributed by atoms with E-state index in [2.05, 4.69) is 39.4 Å². The highest BCUT2D eigenvalue weighted by atomic mass is 79.9. The van der Waals surface area contributed by atoms with Crippen molar-refractivity contribution in [3.05, 3.63) is 28.2 Å². The molecular weight excluding hydrogens is 214 g/mol. The van der Waals surface area contributed by atoms with Crippen molar-refractivity contribution in [3.8, 4) is 0 Å². The number of hydrogen-bond acceptors (Lipinski definition) is 1. The van der Waals surface area contributed by atoms with E-state index in [-0.39, 0.29) is 0 Å². The molecule has 1 aliphatic heterocycles. The normalized spacial score (nSPS) is 30.1. The Balaban J connectivity index is 2.14. The monoisotopic (exact) mass is 223 g/mol. The molecule has 12 heavy (non-hydrogen) atoms. The minimum atomic E-state index is 0.860. The van der Waals surface area contributed by atoms with Gasteiger partial charge in [0.1, 0.15) is 0 Å². The van der Waals surface area contributed by atoms with Crippen molar-refractivity contribution >= 4 is 21.6 Å². The average Bonchev–Trinajstić information content (AvgIpc) is 2.82. The lowest BCUT2D eigenvalue weighted by Gasteiger charge is -2.17. The molecule has 1 saturated carbocycles. The molecule has 2 atom stereocenters. The highest BCUT2D eigenvalue weighted by molar-refractivity contribution is 9.10. The van der Waals surface area contributed by atoms with E-state index in [1.807, 2.05) is 0 Å². The van der Waals surface area contributed by atoms with Gasteiger partial charge in [0.05, 0.1) is 0 Å². The number of benzene rings is 1. The van der Waals surface area contributed by atoms with Gasteiger partial charge in [-0.3, -0.25) is 0 Å². The van der Waals surface area contributed by atoms with Crippen LogP contribution in [-0.4, -0.2) is 6.54 Å². The standard InChI is InChI=1S/C10H10BrN/c11-7-1-2-10-9(4-7)8-3-6(8)5-12-10/h1-2,4,6,8,12H,3,5H2/t6-,8+/m1/s1. The van der Waals surface area contributed by atoms with Crippen LogP contribution in [-0.2, 0) is 0 Å². The Morgan fingerprint density at radius 2 is 2.33 bits per heavy atom. The summed E-state index contributed by atoms with van der Waals surface area (Å²) in [5.41, 5.74) is 2.86. The van der Waals surface area contributed by atoms with E-state index < -0.39 is 0 Å². The fourth-order valence-electron chi connectivity index (χ4n) is 2.10. The second-order valence-corrected chi connectivity index (χ2v) is 4.63. The summed E-state index contributed by atoms with van der Waals surface area (Å²) in [7, 11) is 0. The van der Waals surface area contributed by atoms with Gasteiger partial charge < -0.3 is 5.32 Å². The number of nitrogens with one attached hydrogen (secondary N) is 1. The molecule has 0 saturated heterocycles. The Bertz CT molecular complexity index is 335. The molecule has 0 bridgehead atoms. The zero-order valence-electron chi connectivity index (χ0n) is 6.68. The predicted octanol–water partition coefficient (Wildman–Crippen LogP) is 2.98. The summed E-state index contributed by atoms with van der Waals surface area (Å²) in [6.45, 7) is 1.18. The molecule has 0 amide bonds. The first-order valence-corrected chi connectivity index (χ1v) is 5.17. The summed E-state index contributed by atoms with van der Waals surface area (Å²) in [5, 5.41) is 3.46. The van der Waals surface area contributed by atoms with Crippen molar-refractivity contribution in [1.29, 1.82) is 0 Å². The van der Waals surface area contributed by atoms with E-state index in [1.165, 1.54) is 28.7 Å². The van der Waals surface area contributed by atoms with Crippen LogP contribution in [0, 0.1) is 5.92 Å². The van der Waals surface area contributed by atoms with Gasteiger partial charge in [-0.1, -0.05) is 15.9 Å². The van der Waals surface area contributed by atoms with Crippen LogP contribution < -0.4 is 5.32 Å². The molecular formula is C10H10BrN. The van der Waals surface area contributed by atoms with E-state index in [1.54, 1.807) is 0 Å². The molecule has 0 aromatic heterocycles. The van der Waals surface area contributed by atoms with Crippen molar-refractivity contribution in [3.63, 3.8) is 0 Å². The van der Waals surface area contributed by atoms with Crippen molar-refractivity contribution in [1.82, 2.24) is 0 Å². The van der Waals surface area contributed by atoms with Gasteiger partial charge in [0, 0.05) is 16.7 Å². The van der Waals surface area contributed by atoms with Crippen LogP contribution in [0.25, 0.3) is 0 Å². The molecule has 1 aromatic carbocycles. The van der Waals surface area contributed by atoms with Crippen LogP contribution in [0.5, 0.6) is 0 Å². The van der Waals surface area contributed by atoms with Crippen molar-refractivity contribution in [2.45, 2.75) is 12.3 Å². The van der Waals surface area contributed by atoms with Crippen molar-refractivity contribution in [2.75, 3.05) is 11.9 Å². The van der Waals surface area contributed by atoms with Crippen LogP contribution in [0.1, 0.15) is 17.9 Å². The van der Waals surface area contributed by atoms with Crippen LogP contribution in [0.4, 0.5) is 5.69 Å². The summed E-state index contributed by atoms with van der Waals surface area (Å²) >= 11 is 3.51. The molecule has 1 nitrogen and oxygen atoms in total.